The van der Waals surface area contributed by atoms with Gasteiger partial charge in [0.05, 0.1) is 6.07 Å². The fourth-order valence-corrected chi connectivity index (χ4v) is 4.53. The van der Waals surface area contributed by atoms with Gasteiger partial charge in [-0.25, -0.2) is 4.58 Å². The predicted molar refractivity (Wildman–Crippen MR) is 155 cm³/mol. The molecular weight excluding hydrogens is 476 g/mol. The van der Waals surface area contributed by atoms with Crippen molar-refractivity contribution >= 4 is 22.6 Å². The molecule has 0 radical (unpaired) electrons. The number of carbonyl (C=O) groups excluding carboxylic acids is 1. The molecule has 1 aliphatic heterocycles. The van der Waals surface area contributed by atoms with Crippen molar-refractivity contribution in [1.82, 2.24) is 9.89 Å². The van der Waals surface area contributed by atoms with E-state index in [9.17, 15) is 4.79 Å². The Bertz CT molecular complexity index is 1510. The summed E-state index contributed by atoms with van der Waals surface area (Å²) >= 11 is 0. The second-order valence-corrected chi connectivity index (χ2v) is 9.83. The standard InChI is InChI=1S/C30H34N6O2/c1-35(2)23-13-15-25-27(19-23)38-28-20-24(36(3)4)14-16-26(28)29(25)21-9-11-22(12-10-21)30(37)32-17-7-5-6-8-18-33-34-31/h9-16,19-20H,5-8,17-18H2,1-4H3/p+1. The van der Waals surface area contributed by atoms with Gasteiger partial charge in [-0.3, -0.25) is 4.79 Å². The first kappa shape index (κ1) is 26.8. The highest BCUT2D eigenvalue weighted by Gasteiger charge is 2.19. The van der Waals surface area contributed by atoms with E-state index in [1.165, 1.54) is 0 Å². The number of amides is 1. The van der Waals surface area contributed by atoms with Crippen molar-refractivity contribution in [3.63, 3.8) is 0 Å². The molecular formula is C30H35N6O2+. The Morgan fingerprint density at radius 2 is 1.76 bits per heavy atom. The number of fused-ring (bicyclic) bond motifs is 2. The second-order valence-electron chi connectivity index (χ2n) is 9.83. The number of rotatable bonds is 10. The van der Waals surface area contributed by atoms with Crippen molar-refractivity contribution in [2.24, 2.45) is 5.11 Å². The van der Waals surface area contributed by atoms with Gasteiger partial charge in [0.1, 0.15) is 25.4 Å². The number of azide groups is 1. The molecule has 0 aromatic heterocycles. The summed E-state index contributed by atoms with van der Waals surface area (Å²) in [7, 11) is 8.07. The van der Waals surface area contributed by atoms with Gasteiger partial charge >= 0.3 is 0 Å². The molecule has 1 amide bonds. The van der Waals surface area contributed by atoms with Crippen molar-refractivity contribution in [1.29, 1.82) is 0 Å². The summed E-state index contributed by atoms with van der Waals surface area (Å²) in [5, 5.41) is 8.64. The molecule has 1 heterocycles. The van der Waals surface area contributed by atoms with Crippen LogP contribution in [0.4, 0.5) is 5.69 Å². The van der Waals surface area contributed by atoms with Crippen LogP contribution in [0.1, 0.15) is 36.0 Å². The molecule has 2 aromatic carbocycles. The van der Waals surface area contributed by atoms with E-state index < -0.39 is 0 Å². The van der Waals surface area contributed by atoms with E-state index in [1.807, 2.05) is 52.5 Å². The van der Waals surface area contributed by atoms with Crippen LogP contribution in [0.25, 0.3) is 43.9 Å². The molecule has 2 aromatic rings. The van der Waals surface area contributed by atoms with Crippen molar-refractivity contribution in [3.05, 3.63) is 82.0 Å². The minimum absolute atomic E-state index is 0.0744. The fraction of sp³-hybridized carbons (Fsp3) is 0.333. The van der Waals surface area contributed by atoms with E-state index in [2.05, 4.69) is 61.2 Å². The van der Waals surface area contributed by atoms with E-state index in [-0.39, 0.29) is 5.91 Å². The third kappa shape index (κ3) is 6.15. The number of hydrogen-bond acceptors (Lipinski definition) is 4. The highest BCUT2D eigenvalue weighted by atomic mass is 16.3. The average molecular weight is 512 g/mol. The van der Waals surface area contributed by atoms with Crippen LogP contribution in [0.15, 0.2) is 70.2 Å². The number of anilines is 1. The molecule has 4 rings (SSSR count). The zero-order valence-corrected chi connectivity index (χ0v) is 22.6. The van der Waals surface area contributed by atoms with Crippen LogP contribution in [0.2, 0.25) is 0 Å². The Hall–Kier alpha value is -4.29. The monoisotopic (exact) mass is 511 g/mol. The third-order valence-corrected chi connectivity index (χ3v) is 6.69. The van der Waals surface area contributed by atoms with Crippen molar-refractivity contribution in [3.8, 4) is 22.5 Å². The molecule has 0 spiro atoms. The summed E-state index contributed by atoms with van der Waals surface area (Å²) in [5.74, 6) is 0.741. The highest BCUT2D eigenvalue weighted by molar-refractivity contribution is 6.03. The number of hydrogen-bond donors (Lipinski definition) is 1. The number of benzene rings is 3. The number of nitrogens with zero attached hydrogens (tertiary/aromatic N) is 5. The Morgan fingerprint density at radius 3 is 2.47 bits per heavy atom. The van der Waals surface area contributed by atoms with Gasteiger partial charge in [-0.05, 0) is 54.3 Å². The summed E-state index contributed by atoms with van der Waals surface area (Å²) in [6.45, 7) is 1.16. The van der Waals surface area contributed by atoms with E-state index in [1.54, 1.807) is 0 Å². The third-order valence-electron chi connectivity index (χ3n) is 6.69. The maximum atomic E-state index is 12.7. The molecule has 38 heavy (non-hydrogen) atoms. The lowest BCUT2D eigenvalue weighted by atomic mass is 9.93. The molecule has 8 nitrogen and oxygen atoms in total. The van der Waals surface area contributed by atoms with Gasteiger partial charge in [0, 0.05) is 72.0 Å². The zero-order valence-electron chi connectivity index (χ0n) is 22.6. The maximum Gasteiger partial charge on any atom is 0.251 e. The predicted octanol–water partition coefficient (Wildman–Crippen LogP) is 5.90. The second kappa shape index (κ2) is 12.3. The Labute approximate surface area is 223 Å². The maximum absolute atomic E-state index is 12.7. The molecule has 1 N–H and O–H groups in total. The minimum atomic E-state index is -0.0744. The molecule has 0 bridgehead atoms. The van der Waals surface area contributed by atoms with E-state index in [0.717, 1.165) is 70.1 Å². The van der Waals surface area contributed by atoms with Crippen LogP contribution < -0.4 is 20.1 Å². The van der Waals surface area contributed by atoms with Crippen LogP contribution in [0.5, 0.6) is 0 Å². The highest BCUT2D eigenvalue weighted by Crippen LogP contribution is 2.40. The van der Waals surface area contributed by atoms with E-state index in [0.29, 0.717) is 18.7 Å². The summed E-state index contributed by atoms with van der Waals surface area (Å²) in [6.07, 6.45) is 3.75. The Kier molecular flexibility index (Phi) is 8.66. The first-order chi connectivity index (χ1) is 18.4. The average Bonchev–Trinajstić information content (AvgIpc) is 2.92. The SMILES string of the molecule is CN(C)c1ccc2c(-c3ccc(C(=O)NCCCCCCN=[N+]=[N-])cc3)c3ccc(=[N+](C)C)cc-3oc2c1. The summed E-state index contributed by atoms with van der Waals surface area (Å²) < 4.78 is 8.47. The van der Waals surface area contributed by atoms with Gasteiger partial charge < -0.3 is 14.6 Å². The smallest absolute Gasteiger partial charge is 0.251 e. The van der Waals surface area contributed by atoms with Gasteiger partial charge in [-0.2, -0.15) is 0 Å². The van der Waals surface area contributed by atoms with Crippen LogP contribution >= 0.6 is 0 Å². The summed E-state index contributed by atoms with van der Waals surface area (Å²) in [6, 6.07) is 20.3. The van der Waals surface area contributed by atoms with Crippen LogP contribution in [-0.4, -0.2) is 47.2 Å². The Balaban J connectivity index is 1.60. The molecule has 0 atom stereocenters. The zero-order chi connectivity index (χ0) is 27.1. The van der Waals surface area contributed by atoms with Crippen molar-refractivity contribution in [2.75, 3.05) is 46.2 Å². The van der Waals surface area contributed by atoms with Gasteiger partial charge in [0.2, 0.25) is 5.36 Å². The Morgan fingerprint density at radius 1 is 1.00 bits per heavy atom. The normalized spacial score (nSPS) is 10.8. The molecule has 2 aliphatic rings. The molecule has 8 heteroatoms. The first-order valence-electron chi connectivity index (χ1n) is 13.0. The van der Waals surface area contributed by atoms with Crippen LogP contribution in [0.3, 0.4) is 0 Å². The number of nitrogens with one attached hydrogen (secondary N) is 1. The molecule has 0 fully saturated rings. The fourth-order valence-electron chi connectivity index (χ4n) is 4.53. The molecule has 1 aliphatic carbocycles. The topological polar surface area (TPSA) is 97.3 Å². The quantitative estimate of drug-likeness (QED) is 0.0716. The molecule has 0 saturated carbocycles. The van der Waals surface area contributed by atoms with Gasteiger partial charge in [-0.15, -0.1) is 0 Å². The van der Waals surface area contributed by atoms with Crippen molar-refractivity contribution < 1.29 is 9.21 Å². The molecule has 196 valence electrons. The van der Waals surface area contributed by atoms with Crippen LogP contribution in [-0.2, 0) is 0 Å². The lowest BCUT2D eigenvalue weighted by Crippen LogP contribution is -2.24. The molecule has 0 saturated heterocycles. The lowest BCUT2D eigenvalue weighted by molar-refractivity contribution is 0.0953. The largest absolute Gasteiger partial charge is 0.456 e. The minimum Gasteiger partial charge on any atom is -0.456 e. The van der Waals surface area contributed by atoms with Gasteiger partial charge in [0.15, 0.2) is 0 Å². The first-order valence-corrected chi connectivity index (χ1v) is 13.0. The van der Waals surface area contributed by atoms with Crippen molar-refractivity contribution in [2.45, 2.75) is 25.7 Å². The van der Waals surface area contributed by atoms with Gasteiger partial charge in [-0.1, -0.05) is 30.1 Å². The van der Waals surface area contributed by atoms with E-state index >= 15 is 0 Å². The number of carbonyl (C=O) groups is 1. The lowest BCUT2D eigenvalue weighted by Gasteiger charge is -2.18. The summed E-state index contributed by atoms with van der Waals surface area (Å²) in [4.78, 5) is 17.5. The van der Waals surface area contributed by atoms with Crippen LogP contribution in [0, 0.1) is 0 Å². The van der Waals surface area contributed by atoms with Gasteiger partial charge in [0.25, 0.3) is 5.91 Å². The molecule has 0 unspecified atom stereocenters. The van der Waals surface area contributed by atoms with E-state index in [4.69, 9.17) is 9.95 Å². The summed E-state index contributed by atoms with van der Waals surface area (Å²) in [5.41, 5.74) is 14.0. The number of unbranched alkanes of at least 4 members (excludes halogenated alkanes) is 3.